The Morgan fingerprint density at radius 2 is 2.44 bits per heavy atom. The molecule has 1 nitrogen and oxygen atoms in total. The molecule has 0 atom stereocenters. The number of alkyl halides is 1. The maximum atomic E-state index is 8.36. The van der Waals surface area contributed by atoms with Crippen molar-refractivity contribution in [2.45, 2.75) is 12.8 Å². The van der Waals surface area contributed by atoms with Gasteiger partial charge in [-0.1, -0.05) is 11.6 Å². The highest BCUT2D eigenvalue weighted by Crippen LogP contribution is 2.31. The van der Waals surface area contributed by atoms with Crippen molar-refractivity contribution < 1.29 is 0 Å². The van der Waals surface area contributed by atoms with Gasteiger partial charge < -0.3 is 0 Å². The topological polar surface area (TPSA) is 23.8 Å². The van der Waals surface area contributed by atoms with E-state index in [4.69, 9.17) is 16.9 Å². The van der Waals surface area contributed by atoms with Crippen LogP contribution in [0, 0.1) is 17.2 Å². The van der Waals surface area contributed by atoms with Crippen molar-refractivity contribution in [3.05, 3.63) is 11.6 Å². The molecule has 1 fully saturated rings. The predicted molar refractivity (Wildman–Crippen MR) is 37.1 cm³/mol. The molecule has 0 N–H and O–H groups in total. The van der Waals surface area contributed by atoms with Crippen molar-refractivity contribution in [2.24, 2.45) is 5.92 Å². The molecule has 0 aliphatic heterocycles. The number of hydrogen-bond acceptors (Lipinski definition) is 1. The molecule has 0 spiro atoms. The molecule has 1 saturated carbocycles. The van der Waals surface area contributed by atoms with E-state index in [-0.39, 0.29) is 5.92 Å². The smallest absolute Gasteiger partial charge is 0.0662 e. The third-order valence-corrected chi connectivity index (χ3v) is 1.72. The van der Waals surface area contributed by atoms with E-state index in [1.165, 1.54) is 5.57 Å². The van der Waals surface area contributed by atoms with E-state index in [0.717, 1.165) is 12.8 Å². The number of allylic oxidation sites excluding steroid dienone is 2. The first-order valence-electron chi connectivity index (χ1n) is 3.00. The number of halogens is 1. The molecule has 0 radical (unpaired) electrons. The maximum Gasteiger partial charge on any atom is 0.0662 e. The minimum absolute atomic E-state index is 0.277. The van der Waals surface area contributed by atoms with Gasteiger partial charge in [0.05, 0.1) is 12.0 Å². The summed E-state index contributed by atoms with van der Waals surface area (Å²) in [7, 11) is 0. The van der Waals surface area contributed by atoms with Gasteiger partial charge in [-0.25, -0.2) is 0 Å². The molecule has 0 aromatic rings. The zero-order chi connectivity index (χ0) is 6.69. The summed E-state index contributed by atoms with van der Waals surface area (Å²) >= 11 is 5.44. The average molecular weight is 142 g/mol. The normalized spacial score (nSPS) is 24.4. The molecule has 0 aromatic carbocycles. The van der Waals surface area contributed by atoms with Crippen LogP contribution in [0.25, 0.3) is 0 Å². The second-order valence-corrected chi connectivity index (χ2v) is 2.56. The number of nitrogens with zero attached hydrogens (tertiary/aromatic N) is 1. The van der Waals surface area contributed by atoms with E-state index in [2.05, 4.69) is 6.07 Å². The third-order valence-electron chi connectivity index (χ3n) is 1.57. The van der Waals surface area contributed by atoms with Gasteiger partial charge in [-0.2, -0.15) is 5.26 Å². The fourth-order valence-electron chi connectivity index (χ4n) is 0.940. The van der Waals surface area contributed by atoms with Crippen molar-refractivity contribution in [3.8, 4) is 6.07 Å². The van der Waals surface area contributed by atoms with Crippen LogP contribution in [0.15, 0.2) is 11.6 Å². The van der Waals surface area contributed by atoms with Crippen molar-refractivity contribution in [1.82, 2.24) is 0 Å². The van der Waals surface area contributed by atoms with Gasteiger partial charge in [-0.15, -0.1) is 11.6 Å². The molecule has 0 heterocycles. The molecular weight excluding hydrogens is 134 g/mol. The first-order valence-corrected chi connectivity index (χ1v) is 3.53. The van der Waals surface area contributed by atoms with Gasteiger partial charge in [-0.05, 0) is 12.8 Å². The molecular formula is C7H8ClN. The fourth-order valence-corrected chi connectivity index (χ4v) is 1.16. The SMILES string of the molecule is N#CC1CC(=CCCl)C1. The van der Waals surface area contributed by atoms with E-state index in [1.807, 2.05) is 6.08 Å². The van der Waals surface area contributed by atoms with E-state index >= 15 is 0 Å². The highest BCUT2D eigenvalue weighted by atomic mass is 35.5. The lowest BCUT2D eigenvalue weighted by atomic mass is 9.81. The molecule has 9 heavy (non-hydrogen) atoms. The van der Waals surface area contributed by atoms with Crippen LogP contribution in [0.1, 0.15) is 12.8 Å². The van der Waals surface area contributed by atoms with E-state index in [0.29, 0.717) is 5.88 Å². The van der Waals surface area contributed by atoms with Gasteiger partial charge in [0.25, 0.3) is 0 Å². The van der Waals surface area contributed by atoms with Gasteiger partial charge in [0.1, 0.15) is 0 Å². The molecule has 0 bridgehead atoms. The molecule has 1 rings (SSSR count). The molecule has 2 heteroatoms. The van der Waals surface area contributed by atoms with Crippen molar-refractivity contribution in [3.63, 3.8) is 0 Å². The Hall–Kier alpha value is -0.480. The zero-order valence-corrected chi connectivity index (χ0v) is 5.86. The molecule has 0 saturated heterocycles. The second kappa shape index (κ2) is 2.89. The highest BCUT2D eigenvalue weighted by Gasteiger charge is 2.21. The zero-order valence-electron chi connectivity index (χ0n) is 5.10. The van der Waals surface area contributed by atoms with E-state index in [9.17, 15) is 0 Å². The summed E-state index contributed by atoms with van der Waals surface area (Å²) in [5.41, 5.74) is 1.34. The quantitative estimate of drug-likeness (QED) is 0.405. The molecule has 0 unspecified atom stereocenters. The predicted octanol–water partition coefficient (Wildman–Crippen LogP) is 2.09. The molecule has 1 aliphatic carbocycles. The monoisotopic (exact) mass is 141 g/mol. The first kappa shape index (κ1) is 6.64. The summed E-state index contributed by atoms with van der Waals surface area (Å²) in [6, 6.07) is 2.21. The first-order chi connectivity index (χ1) is 4.36. The summed E-state index contributed by atoms with van der Waals surface area (Å²) < 4.78 is 0. The summed E-state index contributed by atoms with van der Waals surface area (Å²) in [6.07, 6.45) is 3.89. The van der Waals surface area contributed by atoms with Crippen LogP contribution in [-0.2, 0) is 0 Å². The fraction of sp³-hybridized carbons (Fsp3) is 0.571. The van der Waals surface area contributed by atoms with E-state index in [1.54, 1.807) is 0 Å². The van der Waals surface area contributed by atoms with Gasteiger partial charge in [0.2, 0.25) is 0 Å². The van der Waals surface area contributed by atoms with Crippen molar-refractivity contribution in [1.29, 1.82) is 5.26 Å². The lowest BCUT2D eigenvalue weighted by Crippen LogP contribution is -2.12. The van der Waals surface area contributed by atoms with Crippen molar-refractivity contribution >= 4 is 11.6 Å². The van der Waals surface area contributed by atoms with Crippen LogP contribution in [0.2, 0.25) is 0 Å². The Morgan fingerprint density at radius 3 is 2.89 bits per heavy atom. The Kier molecular flexibility index (Phi) is 2.13. The Bertz CT molecular complexity index is 158. The third kappa shape index (κ3) is 1.46. The summed E-state index contributed by atoms with van der Waals surface area (Å²) in [5.74, 6) is 0.868. The van der Waals surface area contributed by atoms with Gasteiger partial charge >= 0.3 is 0 Å². The summed E-state index contributed by atoms with van der Waals surface area (Å²) in [4.78, 5) is 0. The van der Waals surface area contributed by atoms with Gasteiger partial charge in [0.15, 0.2) is 0 Å². The molecule has 48 valence electrons. The Balaban J connectivity index is 2.28. The van der Waals surface area contributed by atoms with Crippen LogP contribution in [0.5, 0.6) is 0 Å². The highest BCUT2D eigenvalue weighted by molar-refractivity contribution is 6.18. The summed E-state index contributed by atoms with van der Waals surface area (Å²) in [6.45, 7) is 0. The van der Waals surface area contributed by atoms with Gasteiger partial charge in [0, 0.05) is 5.88 Å². The molecule has 1 aliphatic rings. The lowest BCUT2D eigenvalue weighted by Gasteiger charge is -2.22. The van der Waals surface area contributed by atoms with Crippen LogP contribution in [0.3, 0.4) is 0 Å². The maximum absolute atomic E-state index is 8.36. The molecule has 0 amide bonds. The average Bonchev–Trinajstić information content (AvgIpc) is 1.77. The van der Waals surface area contributed by atoms with Crippen LogP contribution >= 0.6 is 11.6 Å². The molecule has 0 aromatic heterocycles. The van der Waals surface area contributed by atoms with Crippen LogP contribution < -0.4 is 0 Å². The van der Waals surface area contributed by atoms with Crippen LogP contribution in [0.4, 0.5) is 0 Å². The minimum atomic E-state index is 0.277. The number of hydrogen-bond donors (Lipinski definition) is 0. The van der Waals surface area contributed by atoms with Crippen LogP contribution in [-0.4, -0.2) is 5.88 Å². The van der Waals surface area contributed by atoms with E-state index < -0.39 is 0 Å². The minimum Gasteiger partial charge on any atom is -0.198 e. The standard InChI is InChI=1S/C7H8ClN/c8-2-1-6-3-7(4-6)5-9/h1,7H,2-4H2. The number of nitriles is 1. The van der Waals surface area contributed by atoms with Gasteiger partial charge in [-0.3, -0.25) is 0 Å². The largest absolute Gasteiger partial charge is 0.198 e. The summed E-state index contributed by atoms with van der Waals surface area (Å²) in [5, 5.41) is 8.36. The number of rotatable bonds is 1. The lowest BCUT2D eigenvalue weighted by molar-refractivity contribution is 0.525. The Morgan fingerprint density at radius 1 is 1.78 bits per heavy atom. The van der Waals surface area contributed by atoms with Crippen molar-refractivity contribution in [2.75, 3.05) is 5.88 Å². The Labute approximate surface area is 59.9 Å². The second-order valence-electron chi connectivity index (χ2n) is 2.25.